The lowest BCUT2D eigenvalue weighted by molar-refractivity contribution is -0.169. The Kier molecular flexibility index (Phi) is 6.79. The summed E-state index contributed by atoms with van der Waals surface area (Å²) in [5, 5.41) is 2.79. The highest BCUT2D eigenvalue weighted by atomic mass is 35.5. The number of nitrogens with zero attached hydrogens (tertiary/aromatic N) is 3. The molecule has 29 heavy (non-hydrogen) atoms. The summed E-state index contributed by atoms with van der Waals surface area (Å²) in [5.74, 6) is -3.25. The molecule has 0 amide bonds. The van der Waals surface area contributed by atoms with Crippen LogP contribution < -0.4 is 5.32 Å². The van der Waals surface area contributed by atoms with E-state index in [1.807, 2.05) is 18.2 Å². The molecule has 0 aliphatic carbocycles. The molecule has 0 bridgehead atoms. The van der Waals surface area contributed by atoms with Crippen molar-refractivity contribution in [2.45, 2.75) is 58.7 Å². The van der Waals surface area contributed by atoms with Crippen LogP contribution in [0.2, 0.25) is 5.28 Å². The van der Waals surface area contributed by atoms with Crippen molar-refractivity contribution in [1.29, 1.82) is 0 Å². The van der Waals surface area contributed by atoms with E-state index in [1.165, 1.54) is 0 Å². The molecule has 9 heteroatoms. The summed E-state index contributed by atoms with van der Waals surface area (Å²) in [6.45, 7) is 10.2. The minimum Gasteiger partial charge on any atom is -0.459 e. The van der Waals surface area contributed by atoms with E-state index in [1.54, 1.807) is 53.7 Å². The molecule has 0 saturated carbocycles. The molecule has 2 rings (SSSR count). The number of hydrogen-bond donors (Lipinski definition) is 1. The van der Waals surface area contributed by atoms with Crippen molar-refractivity contribution in [3.05, 3.63) is 41.4 Å². The number of nitrogens with one attached hydrogen (secondary N) is 1. The molecule has 0 atom stereocenters. The Labute approximate surface area is 175 Å². The first kappa shape index (κ1) is 22.5. The van der Waals surface area contributed by atoms with E-state index in [9.17, 15) is 9.59 Å². The molecule has 156 valence electrons. The van der Waals surface area contributed by atoms with Gasteiger partial charge in [0.1, 0.15) is 11.2 Å². The normalized spacial score (nSPS) is 11.9. The summed E-state index contributed by atoms with van der Waals surface area (Å²) in [6.07, 6.45) is 0. The van der Waals surface area contributed by atoms with Crippen molar-refractivity contribution in [3.8, 4) is 0 Å². The summed E-state index contributed by atoms with van der Waals surface area (Å²) < 4.78 is 10.8. The fraction of sp³-hybridized carbons (Fsp3) is 0.450. The first-order valence-corrected chi connectivity index (χ1v) is 9.41. The van der Waals surface area contributed by atoms with Crippen molar-refractivity contribution in [3.63, 3.8) is 0 Å². The average molecular weight is 421 g/mol. The maximum Gasteiger partial charge on any atom is 0.328 e. The number of benzene rings is 1. The van der Waals surface area contributed by atoms with Crippen LogP contribution in [0, 0.1) is 0 Å². The third-order valence-electron chi connectivity index (χ3n) is 3.20. The number of rotatable bonds is 5. The highest BCUT2D eigenvalue weighted by Gasteiger charge is 2.39. The third kappa shape index (κ3) is 7.30. The van der Waals surface area contributed by atoms with Crippen LogP contribution in [0.1, 0.15) is 53.3 Å². The topological polar surface area (TPSA) is 103 Å². The number of aromatic nitrogens is 3. The molecule has 0 radical (unpaired) electrons. The van der Waals surface area contributed by atoms with Crippen LogP contribution in [0.15, 0.2) is 30.3 Å². The summed E-state index contributed by atoms with van der Waals surface area (Å²) in [7, 11) is 0. The second kappa shape index (κ2) is 8.73. The monoisotopic (exact) mass is 420 g/mol. The zero-order valence-electron chi connectivity index (χ0n) is 17.3. The largest absolute Gasteiger partial charge is 0.459 e. The number of carbonyl (C=O) groups excluding carboxylic acids is 2. The smallest absolute Gasteiger partial charge is 0.328 e. The molecule has 0 saturated heterocycles. The summed E-state index contributed by atoms with van der Waals surface area (Å²) in [5.41, 5.74) is -0.940. The van der Waals surface area contributed by atoms with Gasteiger partial charge < -0.3 is 14.8 Å². The second-order valence-corrected chi connectivity index (χ2v) is 8.62. The minimum atomic E-state index is -1.51. The quantitative estimate of drug-likeness (QED) is 0.571. The van der Waals surface area contributed by atoms with Gasteiger partial charge in [-0.15, -0.1) is 0 Å². The maximum absolute atomic E-state index is 12.8. The Morgan fingerprint density at radius 1 is 0.897 bits per heavy atom. The second-order valence-electron chi connectivity index (χ2n) is 8.28. The molecule has 0 spiro atoms. The third-order valence-corrected chi connectivity index (χ3v) is 3.37. The Bertz CT molecular complexity index is 848. The van der Waals surface area contributed by atoms with E-state index in [4.69, 9.17) is 21.1 Å². The van der Waals surface area contributed by atoms with Crippen LogP contribution in [0.3, 0.4) is 0 Å². The van der Waals surface area contributed by atoms with Gasteiger partial charge in [0.25, 0.3) is 0 Å². The van der Waals surface area contributed by atoms with Crippen molar-refractivity contribution < 1.29 is 19.1 Å². The van der Waals surface area contributed by atoms with Gasteiger partial charge >= 0.3 is 11.9 Å². The lowest BCUT2D eigenvalue weighted by Crippen LogP contribution is -2.36. The first-order valence-electron chi connectivity index (χ1n) is 9.03. The van der Waals surface area contributed by atoms with Gasteiger partial charge in [-0.25, -0.2) is 4.98 Å². The number of anilines is 2. The predicted octanol–water partition coefficient (Wildman–Crippen LogP) is 4.04. The molecule has 2 aromatic rings. The van der Waals surface area contributed by atoms with Gasteiger partial charge in [0.15, 0.2) is 5.82 Å². The minimum absolute atomic E-state index is 0.0864. The highest BCUT2D eigenvalue weighted by Crippen LogP contribution is 2.24. The van der Waals surface area contributed by atoms with Gasteiger partial charge in [0.2, 0.25) is 17.1 Å². The van der Waals surface area contributed by atoms with Crippen molar-refractivity contribution >= 4 is 35.2 Å². The summed E-state index contributed by atoms with van der Waals surface area (Å²) >= 11 is 6.03. The van der Waals surface area contributed by atoms with E-state index >= 15 is 0 Å². The molecule has 0 fully saturated rings. The van der Waals surface area contributed by atoms with Crippen LogP contribution in [-0.4, -0.2) is 38.1 Å². The number of halogens is 1. The van der Waals surface area contributed by atoms with E-state index in [0.29, 0.717) is 5.69 Å². The fourth-order valence-electron chi connectivity index (χ4n) is 2.23. The molecule has 8 nitrogen and oxygen atoms in total. The molecule has 1 heterocycles. The summed E-state index contributed by atoms with van der Waals surface area (Å²) in [4.78, 5) is 37.8. The summed E-state index contributed by atoms with van der Waals surface area (Å²) in [6, 6.07) is 9.12. The Hall–Kier alpha value is -2.74. The molecular weight excluding hydrogens is 396 g/mol. The van der Waals surface area contributed by atoms with Gasteiger partial charge in [-0.3, -0.25) is 9.59 Å². The van der Waals surface area contributed by atoms with Crippen LogP contribution in [-0.2, 0) is 19.1 Å². The Balaban J connectivity index is 2.43. The standard InChI is InChI=1S/C20H25ClN4O4/c1-19(2,3)28-15(26)13(16(27)29-20(4,5)6)14-23-17(21)25-18(24-14)22-12-10-8-7-9-11-12/h7-11,13H,1-6H3,(H,22,23,24,25). The van der Waals surface area contributed by atoms with Gasteiger partial charge in [0.05, 0.1) is 0 Å². The number of carbonyl (C=O) groups is 2. The van der Waals surface area contributed by atoms with Crippen molar-refractivity contribution in [2.24, 2.45) is 0 Å². The SMILES string of the molecule is CC(C)(C)OC(=O)C(C(=O)OC(C)(C)C)c1nc(Cl)nc(Nc2ccccc2)n1. The molecule has 0 unspecified atom stereocenters. The molecule has 1 aromatic carbocycles. The van der Waals surface area contributed by atoms with Crippen LogP contribution >= 0.6 is 11.6 Å². The molecular formula is C20H25ClN4O4. The van der Waals surface area contributed by atoms with Crippen molar-refractivity contribution in [1.82, 2.24) is 15.0 Å². The van der Waals surface area contributed by atoms with Crippen LogP contribution in [0.25, 0.3) is 0 Å². The lowest BCUT2D eigenvalue weighted by Gasteiger charge is -2.25. The molecule has 1 N–H and O–H groups in total. The Morgan fingerprint density at radius 3 is 1.90 bits per heavy atom. The first-order chi connectivity index (χ1) is 13.3. The Morgan fingerprint density at radius 2 is 1.41 bits per heavy atom. The number of esters is 2. The zero-order valence-corrected chi connectivity index (χ0v) is 18.1. The van der Waals surface area contributed by atoms with E-state index in [-0.39, 0.29) is 17.1 Å². The number of hydrogen-bond acceptors (Lipinski definition) is 8. The van der Waals surface area contributed by atoms with E-state index in [2.05, 4.69) is 20.3 Å². The van der Waals surface area contributed by atoms with Gasteiger partial charge in [0, 0.05) is 5.69 Å². The molecule has 0 aliphatic heterocycles. The predicted molar refractivity (Wildman–Crippen MR) is 109 cm³/mol. The van der Waals surface area contributed by atoms with E-state index in [0.717, 1.165) is 0 Å². The average Bonchev–Trinajstić information content (AvgIpc) is 2.51. The van der Waals surface area contributed by atoms with Crippen LogP contribution in [0.4, 0.5) is 11.6 Å². The van der Waals surface area contributed by atoms with E-state index < -0.39 is 29.1 Å². The lowest BCUT2D eigenvalue weighted by atomic mass is 10.1. The van der Waals surface area contributed by atoms with Crippen molar-refractivity contribution in [2.75, 3.05) is 5.32 Å². The highest BCUT2D eigenvalue weighted by molar-refractivity contribution is 6.28. The molecule has 1 aromatic heterocycles. The maximum atomic E-state index is 12.8. The molecule has 0 aliphatic rings. The van der Waals surface area contributed by atoms with Gasteiger partial charge in [-0.05, 0) is 65.3 Å². The fourth-order valence-corrected chi connectivity index (χ4v) is 2.40. The van der Waals surface area contributed by atoms with Crippen LogP contribution in [0.5, 0.6) is 0 Å². The zero-order chi connectivity index (χ0) is 21.8. The number of ether oxygens (including phenoxy) is 2. The van der Waals surface area contributed by atoms with Gasteiger partial charge in [-0.2, -0.15) is 9.97 Å². The van der Waals surface area contributed by atoms with Gasteiger partial charge in [-0.1, -0.05) is 18.2 Å². The number of para-hydroxylation sites is 1.